The highest BCUT2D eigenvalue weighted by Gasteiger charge is 3.01. The number of ether oxygens (including phenoxy) is 2. The number of hydrogen-bond donors (Lipinski definition) is 0. The van der Waals surface area contributed by atoms with Crippen molar-refractivity contribution < 1.29 is 28.7 Å². The van der Waals surface area contributed by atoms with Crippen LogP contribution >= 0.6 is 0 Å². The molecule has 8 saturated carbocycles. The van der Waals surface area contributed by atoms with E-state index >= 15 is 0 Å². The molecule has 8 aliphatic carbocycles. The molecular weight excluding hydrogens is 360 g/mol. The fourth-order valence-electron chi connectivity index (χ4n) is 11.2. The molecule has 8 fully saturated rings. The third-order valence-corrected chi connectivity index (χ3v) is 10.7. The summed E-state index contributed by atoms with van der Waals surface area (Å²) in [5.74, 6) is 0.217. The lowest BCUT2D eigenvalue weighted by atomic mass is 9.43. The van der Waals surface area contributed by atoms with Gasteiger partial charge in [-0.1, -0.05) is 0 Å². The molecule has 0 amide bonds. The summed E-state index contributed by atoms with van der Waals surface area (Å²) >= 11 is 0. The molecule has 0 aromatic carbocycles. The Morgan fingerprint density at radius 1 is 0.750 bits per heavy atom. The fourth-order valence-corrected chi connectivity index (χ4v) is 11.2. The van der Waals surface area contributed by atoms with Crippen molar-refractivity contribution in [3.63, 3.8) is 0 Å². The van der Waals surface area contributed by atoms with Crippen molar-refractivity contribution in [2.24, 2.45) is 70.0 Å². The lowest BCUT2D eigenvalue weighted by Gasteiger charge is -2.57. The molecule has 8 bridgehead atoms. The minimum Gasteiger partial charge on any atom is -0.469 e. The van der Waals surface area contributed by atoms with Gasteiger partial charge in [-0.25, -0.2) is 0 Å². The molecule has 8 aliphatic rings. The zero-order valence-corrected chi connectivity index (χ0v) is 16.1. The molecule has 0 aliphatic heterocycles. The van der Waals surface area contributed by atoms with E-state index in [-0.39, 0.29) is 82.7 Å². The number of Topliss-reactive ketones (excluding diaryl/α,β-unsaturated/α-hetero) is 2. The van der Waals surface area contributed by atoms with E-state index in [9.17, 15) is 19.2 Å². The van der Waals surface area contributed by atoms with Crippen LogP contribution in [0.15, 0.2) is 0 Å². The molecule has 0 aromatic heterocycles. The molecule has 2 unspecified atom stereocenters. The summed E-state index contributed by atoms with van der Waals surface area (Å²) in [6, 6.07) is 0. The first-order valence-electron chi connectivity index (χ1n) is 10.7. The van der Waals surface area contributed by atoms with Gasteiger partial charge in [-0.15, -0.1) is 0 Å². The van der Waals surface area contributed by atoms with E-state index in [1.807, 2.05) is 0 Å². The quantitative estimate of drug-likeness (QED) is 0.666. The number of ketones is 2. The molecule has 0 N–H and O–H groups in total. The molecule has 0 aromatic rings. The average molecular weight is 384 g/mol. The Morgan fingerprint density at radius 2 is 1.14 bits per heavy atom. The van der Waals surface area contributed by atoms with Gasteiger partial charge in [0.15, 0.2) is 0 Å². The summed E-state index contributed by atoms with van der Waals surface area (Å²) in [6.07, 6.45) is 2.76. The third kappa shape index (κ3) is 1.10. The minimum absolute atomic E-state index is 0.0448. The molecule has 8 rings (SSSR count). The van der Waals surface area contributed by atoms with Crippen LogP contribution < -0.4 is 0 Å². The number of hydrogen-bond acceptors (Lipinski definition) is 6. The van der Waals surface area contributed by atoms with Gasteiger partial charge in [0.2, 0.25) is 0 Å². The molecule has 0 spiro atoms. The summed E-state index contributed by atoms with van der Waals surface area (Å²) in [7, 11) is 2.80. The zero-order valence-electron chi connectivity index (χ0n) is 16.1. The second-order valence-electron chi connectivity index (χ2n) is 10.4. The van der Waals surface area contributed by atoms with Crippen molar-refractivity contribution in [3.05, 3.63) is 0 Å². The number of carbonyl (C=O) groups excluding carboxylic acids is 4. The Labute approximate surface area is 162 Å². The Bertz CT molecular complexity index is 839. The van der Waals surface area contributed by atoms with E-state index in [0.29, 0.717) is 12.8 Å². The van der Waals surface area contributed by atoms with Gasteiger partial charge in [-0.05, 0) is 60.2 Å². The molecule has 0 heterocycles. The van der Waals surface area contributed by atoms with E-state index in [1.165, 1.54) is 14.2 Å². The second-order valence-corrected chi connectivity index (χ2v) is 10.4. The number of fused-ring (bicyclic) bond motifs is 2. The highest BCUT2D eigenvalue weighted by Crippen LogP contribution is 2.97. The Hall–Kier alpha value is -1.72. The molecule has 148 valence electrons. The Kier molecular flexibility index (Phi) is 2.53. The van der Waals surface area contributed by atoms with Gasteiger partial charge in [0.25, 0.3) is 0 Å². The highest BCUT2D eigenvalue weighted by molar-refractivity contribution is 5.99. The van der Waals surface area contributed by atoms with Gasteiger partial charge < -0.3 is 9.47 Å². The smallest absolute Gasteiger partial charge is 0.313 e. The van der Waals surface area contributed by atoms with Crippen LogP contribution in [-0.4, -0.2) is 37.7 Å². The van der Waals surface area contributed by atoms with Crippen LogP contribution in [-0.2, 0) is 28.7 Å². The average Bonchev–Trinajstić information content (AvgIpc) is 3.49. The van der Waals surface area contributed by atoms with E-state index in [4.69, 9.17) is 9.47 Å². The van der Waals surface area contributed by atoms with Crippen molar-refractivity contribution >= 4 is 23.5 Å². The molecular formula is C22H24O6. The van der Waals surface area contributed by atoms with Gasteiger partial charge in [0.05, 0.1) is 25.0 Å². The number of esters is 2. The first kappa shape index (κ1) is 16.1. The fraction of sp³-hybridized carbons (Fsp3) is 0.818. The van der Waals surface area contributed by atoms with Gasteiger partial charge in [-0.3, -0.25) is 19.2 Å². The highest BCUT2D eigenvalue weighted by atomic mass is 16.5. The first-order chi connectivity index (χ1) is 13.5. The summed E-state index contributed by atoms with van der Waals surface area (Å²) in [5, 5.41) is 0. The SMILES string of the molecule is COC(=O)C12[C@@H]3[C@@H]4CCC(=O)[C@H]4[C@@H]4[C@H]3[C@H]3[C@@H]1[C@@H]1CCC(=O)[C@@H]1[C@@H]3C42C(=O)OC. The number of methoxy groups -OCH3 is 2. The number of rotatable bonds is 2. The summed E-state index contributed by atoms with van der Waals surface area (Å²) < 4.78 is 10.8. The van der Waals surface area contributed by atoms with Gasteiger partial charge >= 0.3 is 11.9 Å². The maximum atomic E-state index is 13.6. The van der Waals surface area contributed by atoms with E-state index in [2.05, 4.69) is 0 Å². The lowest BCUT2D eigenvalue weighted by Crippen LogP contribution is -2.66. The van der Waals surface area contributed by atoms with Crippen LogP contribution in [0.3, 0.4) is 0 Å². The zero-order chi connectivity index (χ0) is 19.3. The van der Waals surface area contributed by atoms with Crippen molar-refractivity contribution in [2.75, 3.05) is 14.2 Å². The molecule has 28 heavy (non-hydrogen) atoms. The minimum atomic E-state index is -1.03. The summed E-state index contributed by atoms with van der Waals surface area (Å²) in [4.78, 5) is 52.8. The third-order valence-electron chi connectivity index (χ3n) is 10.7. The van der Waals surface area contributed by atoms with Crippen LogP contribution in [0, 0.1) is 70.0 Å². The van der Waals surface area contributed by atoms with Crippen molar-refractivity contribution in [2.45, 2.75) is 25.7 Å². The van der Waals surface area contributed by atoms with Crippen LogP contribution in [0.2, 0.25) is 0 Å². The van der Waals surface area contributed by atoms with E-state index < -0.39 is 10.8 Å². The molecule has 0 saturated heterocycles. The topological polar surface area (TPSA) is 86.7 Å². The Morgan fingerprint density at radius 3 is 1.54 bits per heavy atom. The van der Waals surface area contributed by atoms with E-state index in [0.717, 1.165) is 12.8 Å². The number of carbonyl (C=O) groups is 4. The molecule has 6 heteroatoms. The van der Waals surface area contributed by atoms with Crippen molar-refractivity contribution in [1.82, 2.24) is 0 Å². The summed E-state index contributed by atoms with van der Waals surface area (Å²) in [5.41, 5.74) is -1.90. The standard InChI is InChI=1S/C22H24O6/c1-27-19(25)21-15-7-3-5-9(23)11(7)17-13(15)14-16(21)8-4-6-10(24)12(8)18(14)22(17,21)20(26)28-2/h7-8,11-18H,3-6H2,1-2H3/t7-,8-,11-,12+,13+,14+,15+,16-,17+,18-,21?,22?/m1/s1. The van der Waals surface area contributed by atoms with Gasteiger partial charge in [0.1, 0.15) is 11.6 Å². The van der Waals surface area contributed by atoms with Crippen LogP contribution in [0.5, 0.6) is 0 Å². The maximum Gasteiger partial charge on any atom is 0.313 e. The molecule has 6 nitrogen and oxygen atoms in total. The monoisotopic (exact) mass is 384 g/mol. The van der Waals surface area contributed by atoms with Gasteiger partial charge in [0, 0.05) is 24.7 Å². The largest absolute Gasteiger partial charge is 0.469 e. The van der Waals surface area contributed by atoms with Crippen LogP contribution in [0.25, 0.3) is 0 Å². The van der Waals surface area contributed by atoms with Crippen LogP contribution in [0.1, 0.15) is 25.7 Å². The summed E-state index contributed by atoms with van der Waals surface area (Å²) in [6.45, 7) is 0. The van der Waals surface area contributed by atoms with E-state index in [1.54, 1.807) is 0 Å². The molecule has 12 atom stereocenters. The predicted octanol–water partition coefficient (Wildman–Crippen LogP) is 1.26. The van der Waals surface area contributed by atoms with Crippen molar-refractivity contribution in [1.29, 1.82) is 0 Å². The second kappa shape index (κ2) is 4.39. The van der Waals surface area contributed by atoms with Crippen molar-refractivity contribution in [3.8, 4) is 0 Å². The lowest BCUT2D eigenvalue weighted by molar-refractivity contribution is -0.208. The Balaban J connectivity index is 1.55. The van der Waals surface area contributed by atoms with Crippen LogP contribution in [0.4, 0.5) is 0 Å². The van der Waals surface area contributed by atoms with Gasteiger partial charge in [-0.2, -0.15) is 0 Å². The molecule has 0 radical (unpaired) electrons. The normalized spacial score (nSPS) is 60.6. The predicted molar refractivity (Wildman–Crippen MR) is 92.3 cm³/mol. The first-order valence-corrected chi connectivity index (χ1v) is 10.7. The maximum absolute atomic E-state index is 13.6.